The number of hydrogen-bond donors (Lipinski definition) is 0. The molecule has 1 heterocycles. The van der Waals surface area contributed by atoms with Gasteiger partial charge >= 0.3 is 0 Å². The van der Waals surface area contributed by atoms with Crippen molar-refractivity contribution in [2.45, 2.75) is 19.6 Å². The van der Waals surface area contributed by atoms with Crippen molar-refractivity contribution in [1.82, 2.24) is 4.90 Å². The molecule has 0 atom stereocenters. The van der Waals surface area contributed by atoms with Crippen LogP contribution in [0.3, 0.4) is 0 Å². The predicted molar refractivity (Wildman–Crippen MR) is 99.0 cm³/mol. The largest absolute Gasteiger partial charge is 0.457 e. The van der Waals surface area contributed by atoms with E-state index in [2.05, 4.69) is 23.1 Å². The summed E-state index contributed by atoms with van der Waals surface area (Å²) in [6.07, 6.45) is 0. The maximum absolute atomic E-state index is 11.2. The second kappa shape index (κ2) is 6.98. The van der Waals surface area contributed by atoms with Gasteiger partial charge in [-0.15, -0.1) is 0 Å². The molecule has 0 aliphatic carbocycles. The Bertz CT molecular complexity index is 941. The predicted octanol–water partition coefficient (Wildman–Crippen LogP) is 4.90. The molecule has 0 saturated heterocycles. The third kappa shape index (κ3) is 3.43. The molecular formula is C21H18N2O3. The Morgan fingerprint density at radius 1 is 0.885 bits per heavy atom. The van der Waals surface area contributed by atoms with Gasteiger partial charge in [-0.2, -0.15) is 0 Å². The van der Waals surface area contributed by atoms with E-state index in [1.54, 1.807) is 12.1 Å². The molecule has 0 fully saturated rings. The molecule has 5 nitrogen and oxygen atoms in total. The van der Waals surface area contributed by atoms with Crippen molar-refractivity contribution in [3.8, 4) is 11.5 Å². The van der Waals surface area contributed by atoms with Crippen LogP contribution in [0.2, 0.25) is 0 Å². The Balaban J connectivity index is 1.74. The second-order valence-corrected chi connectivity index (χ2v) is 6.39. The van der Waals surface area contributed by atoms with Gasteiger partial charge in [-0.3, -0.25) is 15.0 Å². The van der Waals surface area contributed by atoms with Crippen LogP contribution >= 0.6 is 0 Å². The molecule has 3 aromatic carbocycles. The third-order valence-electron chi connectivity index (χ3n) is 4.48. The van der Waals surface area contributed by atoms with Gasteiger partial charge in [-0.25, -0.2) is 0 Å². The van der Waals surface area contributed by atoms with Gasteiger partial charge in [0.15, 0.2) is 0 Å². The van der Waals surface area contributed by atoms with Gasteiger partial charge in [0, 0.05) is 42.9 Å². The maximum atomic E-state index is 11.2. The molecule has 0 N–H and O–H groups in total. The first-order valence-electron chi connectivity index (χ1n) is 8.48. The lowest BCUT2D eigenvalue weighted by molar-refractivity contribution is -0.385. The summed E-state index contributed by atoms with van der Waals surface area (Å²) in [5, 5.41) is 11.2. The van der Waals surface area contributed by atoms with Gasteiger partial charge < -0.3 is 4.74 Å². The Labute approximate surface area is 151 Å². The summed E-state index contributed by atoms with van der Waals surface area (Å²) in [6.45, 7) is 2.06. The van der Waals surface area contributed by atoms with Crippen molar-refractivity contribution in [2.75, 3.05) is 0 Å². The molecule has 5 heteroatoms. The molecule has 0 saturated carbocycles. The van der Waals surface area contributed by atoms with Gasteiger partial charge in [0.25, 0.3) is 5.69 Å². The van der Waals surface area contributed by atoms with Crippen molar-refractivity contribution < 1.29 is 9.66 Å². The van der Waals surface area contributed by atoms with E-state index < -0.39 is 0 Å². The highest BCUT2D eigenvalue weighted by Crippen LogP contribution is 2.35. The molecule has 3 aromatic rings. The SMILES string of the molecule is O=[N+]([O-])c1ccc2c(c1)CN(Cc1ccccc1)Cc1ccccc1O2. The van der Waals surface area contributed by atoms with Crippen LogP contribution < -0.4 is 4.74 Å². The first-order chi connectivity index (χ1) is 12.7. The second-order valence-electron chi connectivity index (χ2n) is 6.39. The van der Waals surface area contributed by atoms with Crippen LogP contribution in [0.15, 0.2) is 72.8 Å². The summed E-state index contributed by atoms with van der Waals surface area (Å²) in [7, 11) is 0. The fourth-order valence-electron chi connectivity index (χ4n) is 3.25. The van der Waals surface area contributed by atoms with Crippen molar-refractivity contribution in [1.29, 1.82) is 0 Å². The maximum Gasteiger partial charge on any atom is 0.270 e. The zero-order chi connectivity index (χ0) is 17.9. The molecule has 0 bridgehead atoms. The van der Waals surface area contributed by atoms with E-state index in [1.807, 2.05) is 36.4 Å². The van der Waals surface area contributed by atoms with Crippen molar-refractivity contribution in [2.24, 2.45) is 0 Å². The molecule has 0 unspecified atom stereocenters. The average molecular weight is 346 g/mol. The van der Waals surface area contributed by atoms with Crippen LogP contribution in [0.4, 0.5) is 5.69 Å². The number of para-hydroxylation sites is 1. The van der Waals surface area contributed by atoms with Crippen LogP contribution in [-0.2, 0) is 19.6 Å². The topological polar surface area (TPSA) is 55.6 Å². The number of nitrogens with zero attached hydrogens (tertiary/aromatic N) is 2. The number of benzene rings is 3. The normalized spacial score (nSPS) is 13.7. The smallest absolute Gasteiger partial charge is 0.270 e. The van der Waals surface area contributed by atoms with E-state index >= 15 is 0 Å². The Kier molecular flexibility index (Phi) is 4.37. The van der Waals surface area contributed by atoms with E-state index in [0.717, 1.165) is 23.4 Å². The van der Waals surface area contributed by atoms with E-state index in [9.17, 15) is 10.1 Å². The first kappa shape index (κ1) is 16.3. The molecule has 0 spiro atoms. The Hall–Kier alpha value is -3.18. The fourth-order valence-corrected chi connectivity index (χ4v) is 3.25. The van der Waals surface area contributed by atoms with E-state index in [0.29, 0.717) is 18.8 Å². The minimum atomic E-state index is -0.367. The van der Waals surface area contributed by atoms with E-state index in [1.165, 1.54) is 11.6 Å². The molecule has 0 amide bonds. The minimum Gasteiger partial charge on any atom is -0.457 e. The molecule has 4 rings (SSSR count). The third-order valence-corrected chi connectivity index (χ3v) is 4.48. The van der Waals surface area contributed by atoms with Gasteiger partial charge in [0.05, 0.1) is 4.92 Å². The molecule has 130 valence electrons. The molecule has 1 aliphatic rings. The Morgan fingerprint density at radius 3 is 2.38 bits per heavy atom. The fraction of sp³-hybridized carbons (Fsp3) is 0.143. The van der Waals surface area contributed by atoms with Gasteiger partial charge in [-0.1, -0.05) is 48.5 Å². The zero-order valence-corrected chi connectivity index (χ0v) is 14.2. The van der Waals surface area contributed by atoms with Crippen LogP contribution in [0.25, 0.3) is 0 Å². The number of nitro groups is 1. The lowest BCUT2D eigenvalue weighted by Gasteiger charge is -2.27. The van der Waals surface area contributed by atoms with Crippen molar-refractivity contribution in [3.05, 3.63) is 99.6 Å². The quantitative estimate of drug-likeness (QED) is 0.500. The monoisotopic (exact) mass is 346 g/mol. The number of ether oxygens (including phenoxy) is 1. The number of rotatable bonds is 3. The van der Waals surface area contributed by atoms with E-state index in [4.69, 9.17) is 4.74 Å². The number of nitro benzene ring substituents is 1. The minimum absolute atomic E-state index is 0.0841. The standard InChI is InChI=1S/C21H18N2O3/c24-23(25)19-10-11-21-18(12-19)15-22(13-16-6-2-1-3-7-16)14-17-8-4-5-9-20(17)26-21/h1-12H,13-15H2. The zero-order valence-electron chi connectivity index (χ0n) is 14.2. The first-order valence-corrected chi connectivity index (χ1v) is 8.48. The highest BCUT2D eigenvalue weighted by Gasteiger charge is 2.20. The Morgan fingerprint density at radius 2 is 1.58 bits per heavy atom. The van der Waals surface area contributed by atoms with Crippen molar-refractivity contribution in [3.63, 3.8) is 0 Å². The molecule has 0 aromatic heterocycles. The molecular weight excluding hydrogens is 328 g/mol. The van der Waals surface area contributed by atoms with Crippen molar-refractivity contribution >= 4 is 5.69 Å². The van der Waals surface area contributed by atoms with Gasteiger partial charge in [0.2, 0.25) is 0 Å². The summed E-state index contributed by atoms with van der Waals surface area (Å²) in [5.41, 5.74) is 3.22. The lowest BCUT2D eigenvalue weighted by atomic mass is 10.1. The van der Waals surface area contributed by atoms with Crippen LogP contribution in [0.1, 0.15) is 16.7 Å². The molecule has 0 radical (unpaired) electrons. The summed E-state index contributed by atoms with van der Waals surface area (Å²) < 4.78 is 6.07. The number of non-ortho nitro benzene ring substituents is 1. The average Bonchev–Trinajstić information content (AvgIpc) is 2.63. The summed E-state index contributed by atoms with van der Waals surface area (Å²) in [4.78, 5) is 13.1. The number of hydrogen-bond acceptors (Lipinski definition) is 4. The van der Waals surface area contributed by atoms with Gasteiger partial charge in [0.1, 0.15) is 11.5 Å². The van der Waals surface area contributed by atoms with E-state index in [-0.39, 0.29) is 10.6 Å². The van der Waals surface area contributed by atoms with Crippen LogP contribution in [0.5, 0.6) is 11.5 Å². The van der Waals surface area contributed by atoms with Crippen LogP contribution in [-0.4, -0.2) is 9.82 Å². The highest BCUT2D eigenvalue weighted by molar-refractivity contribution is 5.48. The molecule has 1 aliphatic heterocycles. The molecule has 26 heavy (non-hydrogen) atoms. The summed E-state index contributed by atoms with van der Waals surface area (Å²) in [5.74, 6) is 1.46. The van der Waals surface area contributed by atoms with Gasteiger partial charge in [-0.05, 0) is 17.7 Å². The lowest BCUT2D eigenvalue weighted by Crippen LogP contribution is -2.24. The van der Waals surface area contributed by atoms with Crippen LogP contribution in [0, 0.1) is 10.1 Å². The highest BCUT2D eigenvalue weighted by atomic mass is 16.6. The summed E-state index contributed by atoms with van der Waals surface area (Å²) in [6, 6.07) is 23.0. The summed E-state index contributed by atoms with van der Waals surface area (Å²) >= 11 is 0. The number of fused-ring (bicyclic) bond motifs is 2.